The number of hydrogen-bond donors (Lipinski definition) is 1. The molecule has 0 spiro atoms. The molecule has 72 valence electrons. The number of hydrogen-bond acceptors (Lipinski definition) is 2. The lowest BCUT2D eigenvalue weighted by molar-refractivity contribution is 0.409. The van der Waals surface area contributed by atoms with E-state index < -0.39 is 0 Å². The number of nitrogens with zero attached hydrogens (tertiary/aromatic N) is 1. The molecule has 0 bridgehead atoms. The molecule has 1 heterocycles. The maximum atomic E-state index is 5.63. The van der Waals surface area contributed by atoms with Gasteiger partial charge in [0.05, 0.1) is 0 Å². The van der Waals surface area contributed by atoms with Crippen LogP contribution in [0.15, 0.2) is 18.5 Å². The van der Waals surface area contributed by atoms with Crippen molar-refractivity contribution in [3.8, 4) is 0 Å². The summed E-state index contributed by atoms with van der Waals surface area (Å²) in [5.74, 6) is 0. The molecule has 0 saturated carbocycles. The number of nitrogens with two attached hydrogens (primary N) is 1. The van der Waals surface area contributed by atoms with Crippen molar-refractivity contribution < 1.29 is 0 Å². The molecule has 0 amide bonds. The molecule has 0 atom stereocenters. The van der Waals surface area contributed by atoms with Crippen LogP contribution in [0.2, 0.25) is 0 Å². The lowest BCUT2D eigenvalue weighted by Crippen LogP contribution is -2.12. The van der Waals surface area contributed by atoms with E-state index in [1.165, 1.54) is 5.56 Å². The molecule has 1 aromatic heterocycles. The first-order chi connectivity index (χ1) is 6.03. The third kappa shape index (κ3) is 3.15. The number of pyridine rings is 1. The fourth-order valence-electron chi connectivity index (χ4n) is 1.38. The van der Waals surface area contributed by atoms with Gasteiger partial charge in [-0.25, -0.2) is 0 Å². The maximum Gasteiger partial charge on any atom is 0.0315 e. The van der Waals surface area contributed by atoms with Crippen molar-refractivity contribution in [2.45, 2.75) is 33.7 Å². The number of aromatic nitrogens is 1. The Labute approximate surface area is 80.2 Å². The van der Waals surface area contributed by atoms with E-state index in [9.17, 15) is 0 Å². The Kier molecular flexibility index (Phi) is 3.04. The summed E-state index contributed by atoms with van der Waals surface area (Å²) in [6.07, 6.45) is 4.75. The van der Waals surface area contributed by atoms with Gasteiger partial charge in [-0.3, -0.25) is 4.98 Å². The lowest BCUT2D eigenvalue weighted by atomic mass is 9.87. The molecule has 1 aromatic rings. The van der Waals surface area contributed by atoms with Crippen LogP contribution in [0.25, 0.3) is 0 Å². The van der Waals surface area contributed by atoms with Gasteiger partial charge in [0.25, 0.3) is 0 Å². The average molecular weight is 178 g/mol. The van der Waals surface area contributed by atoms with Crippen LogP contribution in [-0.2, 0) is 13.0 Å². The van der Waals surface area contributed by atoms with Crippen LogP contribution in [0.4, 0.5) is 0 Å². The second-order valence-electron chi connectivity index (χ2n) is 4.59. The van der Waals surface area contributed by atoms with Crippen LogP contribution >= 0.6 is 0 Å². The summed E-state index contributed by atoms with van der Waals surface area (Å²) >= 11 is 0. The van der Waals surface area contributed by atoms with Crippen molar-refractivity contribution in [2.24, 2.45) is 11.1 Å². The zero-order valence-electron chi connectivity index (χ0n) is 8.67. The predicted molar refractivity (Wildman–Crippen MR) is 55.3 cm³/mol. The Hall–Kier alpha value is -0.890. The van der Waals surface area contributed by atoms with Crippen molar-refractivity contribution in [3.63, 3.8) is 0 Å². The van der Waals surface area contributed by atoms with E-state index in [1.807, 2.05) is 12.4 Å². The molecule has 0 aliphatic carbocycles. The van der Waals surface area contributed by atoms with Crippen molar-refractivity contribution in [3.05, 3.63) is 29.6 Å². The Balaban J connectivity index is 2.87. The topological polar surface area (TPSA) is 38.9 Å². The molecular formula is C11H18N2. The molecule has 0 fully saturated rings. The van der Waals surface area contributed by atoms with Crippen molar-refractivity contribution >= 4 is 0 Å². The molecule has 2 nitrogen and oxygen atoms in total. The zero-order valence-corrected chi connectivity index (χ0v) is 8.67. The largest absolute Gasteiger partial charge is 0.326 e. The van der Waals surface area contributed by atoms with Crippen molar-refractivity contribution in [2.75, 3.05) is 0 Å². The van der Waals surface area contributed by atoms with Gasteiger partial charge in [0, 0.05) is 18.9 Å². The first-order valence-electron chi connectivity index (χ1n) is 4.65. The molecule has 2 N–H and O–H groups in total. The Morgan fingerprint density at radius 1 is 1.31 bits per heavy atom. The van der Waals surface area contributed by atoms with Crippen molar-refractivity contribution in [1.82, 2.24) is 4.98 Å². The lowest BCUT2D eigenvalue weighted by Gasteiger charge is -2.19. The second-order valence-corrected chi connectivity index (χ2v) is 4.59. The first kappa shape index (κ1) is 10.2. The van der Waals surface area contributed by atoms with Crippen LogP contribution in [0.3, 0.4) is 0 Å². The van der Waals surface area contributed by atoms with Crippen molar-refractivity contribution in [1.29, 1.82) is 0 Å². The van der Waals surface area contributed by atoms with Crippen LogP contribution in [0, 0.1) is 5.41 Å². The standard InChI is InChI=1S/C11H18N2/c1-11(2,3)6-9-4-5-13-8-10(9)7-12/h4-5,8H,6-7,12H2,1-3H3. The molecular weight excluding hydrogens is 160 g/mol. The monoisotopic (exact) mass is 178 g/mol. The Morgan fingerprint density at radius 2 is 2.00 bits per heavy atom. The number of rotatable bonds is 2. The third-order valence-corrected chi connectivity index (χ3v) is 1.95. The van der Waals surface area contributed by atoms with Gasteiger partial charge in [-0.05, 0) is 29.0 Å². The Bertz CT molecular complexity index is 274. The minimum atomic E-state index is 0.311. The van der Waals surface area contributed by atoms with Gasteiger partial charge in [-0.2, -0.15) is 0 Å². The van der Waals surface area contributed by atoms with Gasteiger partial charge in [-0.15, -0.1) is 0 Å². The fraction of sp³-hybridized carbons (Fsp3) is 0.545. The summed E-state index contributed by atoms with van der Waals surface area (Å²) < 4.78 is 0. The van der Waals surface area contributed by atoms with Crippen LogP contribution in [-0.4, -0.2) is 4.98 Å². The van der Waals surface area contributed by atoms with Gasteiger partial charge in [0.2, 0.25) is 0 Å². The highest BCUT2D eigenvalue weighted by molar-refractivity contribution is 5.23. The SMILES string of the molecule is CC(C)(C)Cc1ccncc1CN. The van der Waals surface area contributed by atoms with E-state index in [0.29, 0.717) is 12.0 Å². The third-order valence-electron chi connectivity index (χ3n) is 1.95. The van der Waals surface area contributed by atoms with E-state index in [1.54, 1.807) is 0 Å². The minimum Gasteiger partial charge on any atom is -0.326 e. The molecule has 1 rings (SSSR count). The van der Waals surface area contributed by atoms with Gasteiger partial charge in [-0.1, -0.05) is 20.8 Å². The molecule has 0 unspecified atom stereocenters. The molecule has 13 heavy (non-hydrogen) atoms. The van der Waals surface area contributed by atoms with E-state index in [-0.39, 0.29) is 0 Å². The van der Waals surface area contributed by atoms with Gasteiger partial charge >= 0.3 is 0 Å². The summed E-state index contributed by atoms with van der Waals surface area (Å²) in [6.45, 7) is 7.27. The molecule has 0 aliphatic heterocycles. The summed E-state index contributed by atoms with van der Waals surface area (Å²) in [4.78, 5) is 4.07. The minimum absolute atomic E-state index is 0.311. The highest BCUT2D eigenvalue weighted by Gasteiger charge is 2.13. The summed E-state index contributed by atoms with van der Waals surface area (Å²) in [5, 5.41) is 0. The molecule has 0 saturated heterocycles. The average Bonchev–Trinajstić information content (AvgIpc) is 2.02. The van der Waals surface area contributed by atoms with Crippen LogP contribution < -0.4 is 5.73 Å². The summed E-state index contributed by atoms with van der Waals surface area (Å²) in [6, 6.07) is 2.06. The highest BCUT2D eigenvalue weighted by atomic mass is 14.6. The van der Waals surface area contributed by atoms with E-state index in [4.69, 9.17) is 5.73 Å². The molecule has 2 heteroatoms. The molecule has 0 aromatic carbocycles. The highest BCUT2D eigenvalue weighted by Crippen LogP contribution is 2.22. The quantitative estimate of drug-likeness (QED) is 0.753. The zero-order chi connectivity index (χ0) is 9.90. The Morgan fingerprint density at radius 3 is 2.54 bits per heavy atom. The van der Waals surface area contributed by atoms with Gasteiger partial charge in [0.1, 0.15) is 0 Å². The van der Waals surface area contributed by atoms with E-state index in [2.05, 4.69) is 31.8 Å². The van der Waals surface area contributed by atoms with Crippen LogP contribution in [0.1, 0.15) is 31.9 Å². The fourth-order valence-corrected chi connectivity index (χ4v) is 1.38. The maximum absolute atomic E-state index is 5.63. The summed E-state index contributed by atoms with van der Waals surface area (Å²) in [7, 11) is 0. The predicted octanol–water partition coefficient (Wildman–Crippen LogP) is 2.13. The van der Waals surface area contributed by atoms with Gasteiger partial charge in [0.15, 0.2) is 0 Å². The smallest absolute Gasteiger partial charge is 0.0315 e. The normalized spacial score (nSPS) is 11.7. The van der Waals surface area contributed by atoms with Gasteiger partial charge < -0.3 is 5.73 Å². The van der Waals surface area contributed by atoms with E-state index >= 15 is 0 Å². The van der Waals surface area contributed by atoms with E-state index in [0.717, 1.165) is 12.0 Å². The second kappa shape index (κ2) is 3.88. The molecule has 0 aliphatic rings. The molecule has 0 radical (unpaired) electrons. The van der Waals surface area contributed by atoms with Crippen LogP contribution in [0.5, 0.6) is 0 Å². The summed E-state index contributed by atoms with van der Waals surface area (Å²) in [5.41, 5.74) is 8.43. The first-order valence-corrected chi connectivity index (χ1v) is 4.65.